The standard InChI is InChI=1S/C21H20Cl3N3O2S/c22-14-2-4-16(17(24)12-14)20(28)27(7-1-6-26-8-10-29-11-9-26)21-25-18-5-3-15(23)13-19(18)30-21/h2-5,12-13H,1,6-11H2. The molecule has 30 heavy (non-hydrogen) atoms. The molecule has 4 rings (SSSR count). The van der Waals surface area contributed by atoms with Crippen molar-refractivity contribution in [3.8, 4) is 0 Å². The van der Waals surface area contributed by atoms with E-state index in [2.05, 4.69) is 9.88 Å². The van der Waals surface area contributed by atoms with E-state index in [0.29, 0.717) is 32.3 Å². The van der Waals surface area contributed by atoms with E-state index in [9.17, 15) is 4.79 Å². The Bertz CT molecular complexity index is 1050. The highest BCUT2D eigenvalue weighted by Crippen LogP contribution is 2.32. The van der Waals surface area contributed by atoms with Gasteiger partial charge >= 0.3 is 0 Å². The van der Waals surface area contributed by atoms with Crippen LogP contribution in [-0.4, -0.2) is 55.2 Å². The van der Waals surface area contributed by atoms with Crippen LogP contribution in [0.1, 0.15) is 16.8 Å². The molecule has 5 nitrogen and oxygen atoms in total. The second kappa shape index (κ2) is 9.81. The topological polar surface area (TPSA) is 45.7 Å². The van der Waals surface area contributed by atoms with Gasteiger partial charge in [0.2, 0.25) is 0 Å². The Morgan fingerprint density at radius 1 is 1.10 bits per heavy atom. The van der Waals surface area contributed by atoms with Crippen LogP contribution in [0, 0.1) is 0 Å². The molecule has 0 radical (unpaired) electrons. The molecule has 0 unspecified atom stereocenters. The third-order valence-electron chi connectivity index (χ3n) is 4.94. The van der Waals surface area contributed by atoms with E-state index in [1.807, 2.05) is 12.1 Å². The Morgan fingerprint density at radius 3 is 2.60 bits per heavy atom. The van der Waals surface area contributed by atoms with Gasteiger partial charge in [0, 0.05) is 36.2 Å². The minimum Gasteiger partial charge on any atom is -0.379 e. The number of nitrogens with zero attached hydrogens (tertiary/aromatic N) is 3. The van der Waals surface area contributed by atoms with Crippen molar-refractivity contribution >= 4 is 67.4 Å². The van der Waals surface area contributed by atoms with E-state index in [1.165, 1.54) is 11.3 Å². The number of amides is 1. The number of carbonyl (C=O) groups is 1. The number of fused-ring (bicyclic) bond motifs is 1. The van der Waals surface area contributed by atoms with Gasteiger partial charge in [-0.3, -0.25) is 14.6 Å². The van der Waals surface area contributed by atoms with Crippen LogP contribution in [0.25, 0.3) is 10.2 Å². The molecule has 0 saturated carbocycles. The van der Waals surface area contributed by atoms with Crippen molar-refractivity contribution in [2.75, 3.05) is 44.3 Å². The molecule has 9 heteroatoms. The molecular weight excluding hydrogens is 465 g/mol. The molecule has 1 amide bonds. The van der Waals surface area contributed by atoms with Gasteiger partial charge in [0.25, 0.3) is 5.91 Å². The minimum absolute atomic E-state index is 0.191. The van der Waals surface area contributed by atoms with Crippen molar-refractivity contribution in [3.63, 3.8) is 0 Å². The lowest BCUT2D eigenvalue weighted by Crippen LogP contribution is -2.39. The summed E-state index contributed by atoms with van der Waals surface area (Å²) in [5.41, 5.74) is 1.22. The Kier molecular flexibility index (Phi) is 7.13. The fourth-order valence-electron chi connectivity index (χ4n) is 3.37. The lowest BCUT2D eigenvalue weighted by molar-refractivity contribution is 0.0376. The predicted molar refractivity (Wildman–Crippen MR) is 125 cm³/mol. The summed E-state index contributed by atoms with van der Waals surface area (Å²) in [6.45, 7) is 4.75. The summed E-state index contributed by atoms with van der Waals surface area (Å²) < 4.78 is 6.34. The molecule has 2 heterocycles. The zero-order valence-electron chi connectivity index (χ0n) is 16.1. The van der Waals surface area contributed by atoms with Crippen molar-refractivity contribution in [2.24, 2.45) is 0 Å². The maximum absolute atomic E-state index is 13.4. The van der Waals surface area contributed by atoms with Crippen molar-refractivity contribution in [2.45, 2.75) is 6.42 Å². The number of aromatic nitrogens is 1. The number of anilines is 1. The highest BCUT2D eigenvalue weighted by atomic mass is 35.5. The summed E-state index contributed by atoms with van der Waals surface area (Å²) in [4.78, 5) is 22.1. The largest absolute Gasteiger partial charge is 0.379 e. The predicted octanol–water partition coefficient (Wildman–Crippen LogP) is 5.63. The molecule has 1 saturated heterocycles. The Labute approximate surface area is 194 Å². The van der Waals surface area contributed by atoms with Gasteiger partial charge in [0.15, 0.2) is 5.13 Å². The number of rotatable bonds is 6. The van der Waals surface area contributed by atoms with Crippen LogP contribution in [-0.2, 0) is 4.74 Å². The van der Waals surface area contributed by atoms with E-state index in [4.69, 9.17) is 39.5 Å². The molecule has 158 valence electrons. The van der Waals surface area contributed by atoms with Crippen LogP contribution in [0.2, 0.25) is 15.1 Å². The number of morpholine rings is 1. The maximum atomic E-state index is 13.4. The van der Waals surface area contributed by atoms with E-state index >= 15 is 0 Å². The molecule has 0 bridgehead atoms. The normalized spacial score (nSPS) is 14.9. The molecule has 0 spiro atoms. The zero-order chi connectivity index (χ0) is 21.1. The number of hydrogen-bond donors (Lipinski definition) is 0. The van der Waals surface area contributed by atoms with E-state index in [0.717, 1.165) is 49.5 Å². The first-order valence-electron chi connectivity index (χ1n) is 9.64. The fourth-order valence-corrected chi connectivity index (χ4v) is 5.13. The van der Waals surface area contributed by atoms with Crippen molar-refractivity contribution in [3.05, 3.63) is 57.0 Å². The van der Waals surface area contributed by atoms with Gasteiger partial charge in [-0.1, -0.05) is 46.1 Å². The molecule has 1 fully saturated rings. The second-order valence-corrected chi connectivity index (χ2v) is 9.29. The third kappa shape index (κ3) is 5.07. The average Bonchev–Trinajstić information content (AvgIpc) is 3.14. The van der Waals surface area contributed by atoms with Gasteiger partial charge in [-0.2, -0.15) is 0 Å². The number of carbonyl (C=O) groups excluding carboxylic acids is 1. The Hall–Kier alpha value is -1.41. The lowest BCUT2D eigenvalue weighted by Gasteiger charge is -2.27. The summed E-state index contributed by atoms with van der Waals surface area (Å²) in [5.74, 6) is -0.191. The minimum atomic E-state index is -0.191. The molecule has 0 N–H and O–H groups in total. The fraction of sp³-hybridized carbons (Fsp3) is 0.333. The summed E-state index contributed by atoms with van der Waals surface area (Å²) >= 11 is 19.9. The molecule has 1 aliphatic heterocycles. The molecule has 0 atom stereocenters. The Balaban J connectivity index is 1.59. The zero-order valence-corrected chi connectivity index (χ0v) is 19.2. The Morgan fingerprint density at radius 2 is 1.83 bits per heavy atom. The number of benzene rings is 2. The van der Waals surface area contributed by atoms with Crippen LogP contribution < -0.4 is 4.90 Å². The van der Waals surface area contributed by atoms with Crippen molar-refractivity contribution in [1.29, 1.82) is 0 Å². The van der Waals surface area contributed by atoms with Gasteiger partial charge in [-0.15, -0.1) is 0 Å². The molecule has 1 aliphatic rings. The second-order valence-electron chi connectivity index (χ2n) is 7.00. The quantitative estimate of drug-likeness (QED) is 0.455. The number of hydrogen-bond acceptors (Lipinski definition) is 5. The van der Waals surface area contributed by atoms with Crippen LogP contribution in [0.5, 0.6) is 0 Å². The summed E-state index contributed by atoms with van der Waals surface area (Å²) in [6, 6.07) is 10.4. The highest BCUT2D eigenvalue weighted by molar-refractivity contribution is 7.22. The SMILES string of the molecule is O=C(c1ccc(Cl)cc1Cl)N(CCCN1CCOCC1)c1nc2ccc(Cl)cc2s1. The molecule has 2 aromatic carbocycles. The molecule has 3 aromatic rings. The first kappa shape index (κ1) is 21.8. The van der Waals surface area contributed by atoms with Crippen LogP contribution in [0.4, 0.5) is 5.13 Å². The van der Waals surface area contributed by atoms with Crippen LogP contribution >= 0.6 is 46.1 Å². The van der Waals surface area contributed by atoms with Crippen LogP contribution in [0.3, 0.4) is 0 Å². The maximum Gasteiger partial charge on any atom is 0.261 e. The summed E-state index contributed by atoms with van der Waals surface area (Å²) in [5, 5.41) is 2.09. The number of ether oxygens (including phenoxy) is 1. The average molecular weight is 485 g/mol. The first-order chi connectivity index (χ1) is 14.5. The number of halogens is 3. The van der Waals surface area contributed by atoms with Crippen LogP contribution in [0.15, 0.2) is 36.4 Å². The van der Waals surface area contributed by atoms with Gasteiger partial charge in [0.05, 0.1) is 34.0 Å². The van der Waals surface area contributed by atoms with E-state index in [-0.39, 0.29) is 5.91 Å². The number of thiazole rings is 1. The van der Waals surface area contributed by atoms with Gasteiger partial charge in [-0.25, -0.2) is 4.98 Å². The highest BCUT2D eigenvalue weighted by Gasteiger charge is 2.24. The summed E-state index contributed by atoms with van der Waals surface area (Å²) in [6.07, 6.45) is 0.813. The third-order valence-corrected chi connectivity index (χ3v) is 6.76. The van der Waals surface area contributed by atoms with Gasteiger partial charge < -0.3 is 4.74 Å². The lowest BCUT2D eigenvalue weighted by atomic mass is 10.2. The monoisotopic (exact) mass is 483 g/mol. The first-order valence-corrected chi connectivity index (χ1v) is 11.6. The van der Waals surface area contributed by atoms with E-state index in [1.54, 1.807) is 29.2 Å². The van der Waals surface area contributed by atoms with E-state index < -0.39 is 0 Å². The van der Waals surface area contributed by atoms with Gasteiger partial charge in [0.1, 0.15) is 0 Å². The smallest absolute Gasteiger partial charge is 0.261 e. The van der Waals surface area contributed by atoms with Crippen molar-refractivity contribution < 1.29 is 9.53 Å². The molecule has 1 aromatic heterocycles. The van der Waals surface area contributed by atoms with Gasteiger partial charge in [-0.05, 0) is 42.8 Å². The van der Waals surface area contributed by atoms with Crippen molar-refractivity contribution in [1.82, 2.24) is 9.88 Å². The molecular formula is C21H20Cl3N3O2S. The summed E-state index contributed by atoms with van der Waals surface area (Å²) in [7, 11) is 0. The molecule has 0 aliphatic carbocycles.